The first-order valence-electron chi connectivity index (χ1n) is 7.13. The van der Waals surface area contributed by atoms with Crippen molar-refractivity contribution in [3.05, 3.63) is 64.7 Å². The number of carbonyl (C=O) groups is 1. The molecule has 0 aliphatic rings. The zero-order valence-electron chi connectivity index (χ0n) is 12.8. The lowest BCUT2D eigenvalue weighted by atomic mass is 10.1. The molecule has 0 saturated carbocycles. The molecule has 0 radical (unpaired) electrons. The second kappa shape index (κ2) is 7.14. The van der Waals surface area contributed by atoms with Gasteiger partial charge in [0, 0.05) is 31.3 Å². The molecule has 3 rings (SSSR count). The van der Waals surface area contributed by atoms with E-state index in [4.69, 9.17) is 0 Å². The number of hydrogen-bond donors (Lipinski definition) is 1. The Kier molecular flexibility index (Phi) is 4.76. The molecule has 122 valence electrons. The highest BCUT2D eigenvalue weighted by atomic mass is 32.1. The summed E-state index contributed by atoms with van der Waals surface area (Å²) in [4.78, 5) is 11.9. The maximum absolute atomic E-state index is 13.2. The Bertz CT molecular complexity index is 886. The first-order chi connectivity index (χ1) is 11.6. The molecule has 1 amide bonds. The van der Waals surface area contributed by atoms with Crippen LogP contribution in [-0.4, -0.2) is 25.9 Å². The van der Waals surface area contributed by atoms with E-state index in [0.29, 0.717) is 16.6 Å². The molecule has 1 N–H and O–H groups in total. The number of nitrogens with zero attached hydrogens (tertiary/aromatic N) is 4. The van der Waals surface area contributed by atoms with Crippen molar-refractivity contribution in [1.82, 2.24) is 20.0 Å². The first-order valence-corrected chi connectivity index (χ1v) is 7.95. The number of carbonyl (C=O) groups excluding carboxylic acids is 1. The predicted molar refractivity (Wildman–Crippen MR) is 90.0 cm³/mol. The van der Waals surface area contributed by atoms with E-state index in [1.807, 2.05) is 6.07 Å². The number of benzene rings is 1. The van der Waals surface area contributed by atoms with Crippen molar-refractivity contribution in [2.75, 3.05) is 5.32 Å². The van der Waals surface area contributed by atoms with Crippen LogP contribution in [0.25, 0.3) is 6.08 Å². The average molecular weight is 343 g/mol. The number of amides is 1. The third-order valence-corrected chi connectivity index (χ3v) is 3.93. The Morgan fingerprint density at radius 1 is 1.42 bits per heavy atom. The third-order valence-electron chi connectivity index (χ3n) is 3.09. The largest absolute Gasteiger partial charge is 0.297 e. The lowest BCUT2D eigenvalue weighted by Crippen LogP contribution is -2.07. The van der Waals surface area contributed by atoms with Crippen LogP contribution in [0.4, 0.5) is 9.52 Å². The third kappa shape index (κ3) is 4.32. The van der Waals surface area contributed by atoms with E-state index < -0.39 is 0 Å². The summed E-state index contributed by atoms with van der Waals surface area (Å²) in [6.45, 7) is 0. The minimum atomic E-state index is -0.299. The van der Waals surface area contributed by atoms with Gasteiger partial charge in [-0.3, -0.25) is 14.8 Å². The van der Waals surface area contributed by atoms with Gasteiger partial charge in [0.25, 0.3) is 0 Å². The summed E-state index contributed by atoms with van der Waals surface area (Å²) >= 11 is 1.26. The highest BCUT2D eigenvalue weighted by Crippen LogP contribution is 2.19. The topological polar surface area (TPSA) is 72.7 Å². The van der Waals surface area contributed by atoms with Crippen LogP contribution >= 0.6 is 11.3 Å². The lowest BCUT2D eigenvalue weighted by Gasteiger charge is -1.97. The summed E-state index contributed by atoms with van der Waals surface area (Å²) in [6, 6.07) is 6.32. The molecule has 1 aromatic carbocycles. The van der Waals surface area contributed by atoms with Crippen LogP contribution in [0.5, 0.6) is 0 Å². The predicted octanol–water partition coefficient (Wildman–Crippen LogP) is 2.65. The summed E-state index contributed by atoms with van der Waals surface area (Å²) in [5.41, 5.74) is 1.64. The van der Waals surface area contributed by atoms with Crippen molar-refractivity contribution in [3.63, 3.8) is 0 Å². The number of halogens is 1. The molecule has 0 saturated heterocycles. The molecule has 0 aliphatic heterocycles. The second-order valence-corrected chi connectivity index (χ2v) is 6.14. The molecule has 8 heteroatoms. The standard InChI is InChI=1S/C16H14FN5OS/c1-22-10-12(9-18-22)5-6-14(23)19-16-21-20-15(24-16)8-11-3-2-4-13(17)7-11/h2-7,9-10H,8H2,1H3,(H,19,21,23)/b6-5+. The molecule has 24 heavy (non-hydrogen) atoms. The fourth-order valence-corrected chi connectivity index (χ4v) is 2.82. The highest BCUT2D eigenvalue weighted by molar-refractivity contribution is 7.15. The van der Waals surface area contributed by atoms with Gasteiger partial charge in [-0.15, -0.1) is 10.2 Å². The number of aryl methyl sites for hydroxylation is 1. The van der Waals surface area contributed by atoms with E-state index in [1.165, 1.54) is 29.5 Å². The molecule has 3 aromatic rings. The van der Waals surface area contributed by atoms with E-state index in [0.717, 1.165) is 11.1 Å². The average Bonchev–Trinajstić information content (AvgIpc) is 3.14. The van der Waals surface area contributed by atoms with Gasteiger partial charge in [0.1, 0.15) is 10.8 Å². The molecule has 0 unspecified atom stereocenters. The van der Waals surface area contributed by atoms with E-state index in [1.54, 1.807) is 36.3 Å². The van der Waals surface area contributed by atoms with E-state index in [-0.39, 0.29) is 11.7 Å². The van der Waals surface area contributed by atoms with Gasteiger partial charge in [0.05, 0.1) is 6.20 Å². The van der Waals surface area contributed by atoms with Crippen LogP contribution in [0.1, 0.15) is 16.1 Å². The van der Waals surface area contributed by atoms with Gasteiger partial charge < -0.3 is 0 Å². The summed E-state index contributed by atoms with van der Waals surface area (Å²) in [6.07, 6.45) is 7.00. The lowest BCUT2D eigenvalue weighted by molar-refractivity contribution is -0.111. The fourth-order valence-electron chi connectivity index (χ4n) is 2.04. The van der Waals surface area contributed by atoms with Crippen LogP contribution in [-0.2, 0) is 18.3 Å². The molecular weight excluding hydrogens is 329 g/mol. The van der Waals surface area contributed by atoms with Crippen LogP contribution < -0.4 is 5.32 Å². The summed E-state index contributed by atoms with van der Waals surface area (Å²) in [7, 11) is 1.80. The van der Waals surface area contributed by atoms with Gasteiger partial charge in [0.2, 0.25) is 11.0 Å². The molecule has 0 atom stereocenters. The highest BCUT2D eigenvalue weighted by Gasteiger charge is 2.07. The quantitative estimate of drug-likeness (QED) is 0.723. The van der Waals surface area contributed by atoms with Crippen molar-refractivity contribution in [1.29, 1.82) is 0 Å². The van der Waals surface area contributed by atoms with Gasteiger partial charge >= 0.3 is 0 Å². The van der Waals surface area contributed by atoms with Crippen LogP contribution in [0.2, 0.25) is 0 Å². The van der Waals surface area contributed by atoms with E-state index in [2.05, 4.69) is 20.6 Å². The maximum Gasteiger partial charge on any atom is 0.250 e. The van der Waals surface area contributed by atoms with Crippen LogP contribution in [0, 0.1) is 5.82 Å². The zero-order chi connectivity index (χ0) is 16.9. The zero-order valence-corrected chi connectivity index (χ0v) is 13.6. The van der Waals surface area contributed by atoms with Crippen molar-refractivity contribution in [2.24, 2.45) is 7.05 Å². The van der Waals surface area contributed by atoms with Gasteiger partial charge in [0.15, 0.2) is 0 Å². The Labute approximate surface area is 141 Å². The van der Waals surface area contributed by atoms with Crippen LogP contribution in [0.15, 0.2) is 42.7 Å². The number of hydrogen-bond acceptors (Lipinski definition) is 5. The van der Waals surface area contributed by atoms with Crippen molar-refractivity contribution >= 4 is 28.5 Å². The summed E-state index contributed by atoms with van der Waals surface area (Å²) in [5.74, 6) is -0.585. The smallest absolute Gasteiger partial charge is 0.250 e. The molecular formula is C16H14FN5OS. The molecule has 0 bridgehead atoms. The number of aromatic nitrogens is 4. The normalized spacial score (nSPS) is 11.1. The van der Waals surface area contributed by atoms with Gasteiger partial charge in [-0.1, -0.05) is 23.5 Å². The molecule has 0 aliphatic carbocycles. The SMILES string of the molecule is Cn1cc(/C=C/C(=O)Nc2nnc(Cc3cccc(F)c3)s2)cn1. The molecule has 6 nitrogen and oxygen atoms in total. The Balaban J connectivity index is 1.59. The Morgan fingerprint density at radius 3 is 3.04 bits per heavy atom. The van der Waals surface area contributed by atoms with Crippen molar-refractivity contribution in [3.8, 4) is 0 Å². The van der Waals surface area contributed by atoms with Gasteiger partial charge in [-0.25, -0.2) is 4.39 Å². The molecule has 2 aromatic heterocycles. The molecule has 0 spiro atoms. The van der Waals surface area contributed by atoms with E-state index >= 15 is 0 Å². The summed E-state index contributed by atoms with van der Waals surface area (Å²) in [5, 5.41) is 15.7. The Hall–Kier alpha value is -2.87. The maximum atomic E-state index is 13.2. The van der Waals surface area contributed by atoms with Gasteiger partial charge in [-0.2, -0.15) is 5.10 Å². The molecule has 2 heterocycles. The first kappa shape index (κ1) is 16.0. The number of anilines is 1. The molecule has 0 fully saturated rings. The fraction of sp³-hybridized carbons (Fsp3) is 0.125. The Morgan fingerprint density at radius 2 is 2.29 bits per heavy atom. The van der Waals surface area contributed by atoms with E-state index in [9.17, 15) is 9.18 Å². The number of rotatable bonds is 5. The van der Waals surface area contributed by atoms with Crippen LogP contribution in [0.3, 0.4) is 0 Å². The summed E-state index contributed by atoms with van der Waals surface area (Å²) < 4.78 is 14.8. The monoisotopic (exact) mass is 343 g/mol. The number of nitrogens with one attached hydrogen (secondary N) is 1. The van der Waals surface area contributed by atoms with Gasteiger partial charge in [-0.05, 0) is 23.8 Å². The minimum absolute atomic E-state index is 0.286. The second-order valence-electron chi connectivity index (χ2n) is 5.08. The van der Waals surface area contributed by atoms with Crippen molar-refractivity contribution < 1.29 is 9.18 Å². The van der Waals surface area contributed by atoms with Crippen molar-refractivity contribution in [2.45, 2.75) is 6.42 Å². The minimum Gasteiger partial charge on any atom is -0.297 e.